The molecule has 0 rings (SSSR count). The zero-order valence-corrected chi connectivity index (χ0v) is 17.2. The number of hydrogen-bond acceptors (Lipinski definition) is 12. The van der Waals surface area contributed by atoms with Crippen LogP contribution in [0.1, 0.15) is 19.8 Å². The van der Waals surface area contributed by atoms with Crippen molar-refractivity contribution < 1.29 is 60.7 Å². The number of carbonyl (C=O) groups excluding carboxylic acids is 2. The lowest BCUT2D eigenvalue weighted by Crippen LogP contribution is -2.57. The lowest BCUT2D eigenvalue weighted by molar-refractivity contribution is -0.172. The summed E-state index contributed by atoms with van der Waals surface area (Å²) in [5, 5.41) is 91.6. The summed E-state index contributed by atoms with van der Waals surface area (Å²) < 4.78 is 0. The maximum atomic E-state index is 11.2. The third-order valence-electron chi connectivity index (χ3n) is 4.39. The third-order valence-corrected chi connectivity index (χ3v) is 4.39. The van der Waals surface area contributed by atoms with Crippen molar-refractivity contribution in [2.24, 2.45) is 0 Å². The molecule has 0 aliphatic carbocycles. The van der Waals surface area contributed by atoms with Gasteiger partial charge in [-0.2, -0.15) is 0 Å². The molecule has 0 heterocycles. The molecule has 0 amide bonds. The van der Waals surface area contributed by atoms with Crippen LogP contribution in [0.4, 0.5) is 0 Å². The van der Waals surface area contributed by atoms with E-state index in [1.54, 1.807) is 0 Å². The maximum Gasteiger partial charge on any atom is 0.167 e. The van der Waals surface area contributed by atoms with Crippen molar-refractivity contribution in [2.45, 2.75) is 68.1 Å². The lowest BCUT2D eigenvalue weighted by Gasteiger charge is -2.34. The van der Waals surface area contributed by atoms with Crippen LogP contribution in [0, 0.1) is 0 Å². The summed E-state index contributed by atoms with van der Waals surface area (Å²) >= 11 is 0. The topological polar surface area (TPSA) is 236 Å². The van der Waals surface area contributed by atoms with Crippen LogP contribution < -0.4 is 0 Å². The van der Waals surface area contributed by atoms with E-state index in [4.69, 9.17) is 20.4 Å². The van der Waals surface area contributed by atoms with Gasteiger partial charge in [-0.05, 0) is 6.92 Å². The minimum Gasteiger partial charge on any atom is -0.394 e. The van der Waals surface area contributed by atoms with Gasteiger partial charge in [-0.25, -0.2) is 0 Å². The number of hydrogen-bond donors (Lipinski definition) is 10. The number of aliphatic hydroxyl groups excluding tert-OH is 9. The van der Waals surface area contributed by atoms with Crippen LogP contribution in [0.2, 0.25) is 0 Å². The zero-order chi connectivity index (χ0) is 24.9. The Morgan fingerprint density at radius 2 is 1.29 bits per heavy atom. The van der Waals surface area contributed by atoms with E-state index in [1.807, 2.05) is 0 Å². The molecule has 0 saturated carbocycles. The highest BCUT2D eigenvalue weighted by Crippen LogP contribution is 2.21. The predicted octanol–water partition coefficient (Wildman–Crippen LogP) is -4.47. The first kappa shape index (κ1) is 31.6. The largest absolute Gasteiger partial charge is 0.394 e. The summed E-state index contributed by atoms with van der Waals surface area (Å²) in [5.74, 6) is -1.48. The minimum absolute atomic E-state index is 0.153. The van der Waals surface area contributed by atoms with Crippen LogP contribution >= 0.6 is 0 Å². The Labute approximate surface area is 179 Å². The summed E-state index contributed by atoms with van der Waals surface area (Å²) in [5.41, 5.74) is -2.21. The monoisotopic (exact) mass is 454 g/mol. The van der Waals surface area contributed by atoms with Crippen LogP contribution in [-0.2, 0) is 9.59 Å². The highest BCUT2D eigenvalue weighted by atomic mass is 16.4. The average Bonchev–Trinajstić information content (AvgIpc) is 2.75. The number of ketones is 2. The van der Waals surface area contributed by atoms with E-state index in [0.717, 1.165) is 6.92 Å². The van der Waals surface area contributed by atoms with Gasteiger partial charge in [-0.1, -0.05) is 12.2 Å². The quantitative estimate of drug-likeness (QED) is 0.112. The molecule has 8 unspecified atom stereocenters. The summed E-state index contributed by atoms with van der Waals surface area (Å²) in [6.07, 6.45) is -10.3. The van der Waals surface area contributed by atoms with Gasteiger partial charge in [0.25, 0.3) is 0 Å². The Balaban J connectivity index is 0. The van der Waals surface area contributed by atoms with Gasteiger partial charge in [0.1, 0.15) is 42.7 Å². The van der Waals surface area contributed by atoms with Gasteiger partial charge >= 0.3 is 0 Å². The second kappa shape index (κ2) is 15.3. The molecule has 0 aromatic carbocycles. The molecule has 0 fully saturated rings. The highest BCUT2D eigenvalue weighted by molar-refractivity contribution is 5.85. The number of aliphatic hydroxyl groups is 10. The maximum absolute atomic E-state index is 11.2. The molecule has 0 radical (unpaired) electrons. The molecule has 0 saturated heterocycles. The summed E-state index contributed by atoms with van der Waals surface area (Å²) in [6.45, 7) is 6.07. The fraction of sp³-hybridized carbons (Fsp3) is 0.684. The molecular weight excluding hydrogens is 420 g/mol. The zero-order valence-electron chi connectivity index (χ0n) is 17.2. The predicted molar refractivity (Wildman–Crippen MR) is 106 cm³/mol. The number of rotatable bonds is 14. The summed E-state index contributed by atoms with van der Waals surface area (Å²) in [4.78, 5) is 22.3. The van der Waals surface area contributed by atoms with Gasteiger partial charge in [-0.15, -0.1) is 13.2 Å². The van der Waals surface area contributed by atoms with E-state index in [1.165, 1.54) is 12.2 Å². The Kier molecular flexibility index (Phi) is 15.6. The van der Waals surface area contributed by atoms with E-state index in [9.17, 15) is 40.2 Å². The molecule has 0 bridgehead atoms. The van der Waals surface area contributed by atoms with Gasteiger partial charge in [0.2, 0.25) is 0 Å². The molecular formula is C19H34O12. The van der Waals surface area contributed by atoms with Crippen molar-refractivity contribution in [1.29, 1.82) is 0 Å². The molecule has 12 heteroatoms. The van der Waals surface area contributed by atoms with E-state index >= 15 is 0 Å². The van der Waals surface area contributed by atoms with Gasteiger partial charge < -0.3 is 51.1 Å². The Hall–Kier alpha value is -1.58. The number of allylic oxidation sites excluding steroid dienone is 1. The number of Topliss-reactive ketones (excluding diaryl/α,β-unsaturated/α-hetero) is 2. The Morgan fingerprint density at radius 1 is 0.839 bits per heavy atom. The molecule has 12 nitrogen and oxygen atoms in total. The normalized spacial score (nSPS) is 19.8. The van der Waals surface area contributed by atoms with E-state index < -0.39 is 73.1 Å². The van der Waals surface area contributed by atoms with Crippen LogP contribution in [0.25, 0.3) is 0 Å². The van der Waals surface area contributed by atoms with Gasteiger partial charge in [-0.3, -0.25) is 9.59 Å². The van der Waals surface area contributed by atoms with E-state index in [-0.39, 0.29) is 12.8 Å². The van der Waals surface area contributed by atoms with Crippen molar-refractivity contribution >= 4 is 11.6 Å². The molecule has 0 spiro atoms. The van der Waals surface area contributed by atoms with Crippen LogP contribution in [0.3, 0.4) is 0 Å². The molecule has 0 aromatic heterocycles. The lowest BCUT2D eigenvalue weighted by atomic mass is 9.84. The first-order valence-electron chi connectivity index (χ1n) is 9.22. The summed E-state index contributed by atoms with van der Waals surface area (Å²) in [6, 6.07) is 0. The fourth-order valence-electron chi connectivity index (χ4n) is 2.27. The van der Waals surface area contributed by atoms with Crippen molar-refractivity contribution in [3.05, 3.63) is 25.3 Å². The molecule has 8 atom stereocenters. The molecule has 10 N–H and O–H groups in total. The average molecular weight is 454 g/mol. The van der Waals surface area contributed by atoms with E-state index in [0.29, 0.717) is 0 Å². The molecule has 31 heavy (non-hydrogen) atoms. The second-order valence-electron chi connectivity index (χ2n) is 6.79. The van der Waals surface area contributed by atoms with Crippen LogP contribution in [0.5, 0.6) is 0 Å². The Bertz CT molecular complexity index is 568. The number of carbonyl (C=O) groups is 2. The minimum atomic E-state index is -2.21. The molecule has 182 valence electrons. The van der Waals surface area contributed by atoms with E-state index in [2.05, 4.69) is 13.2 Å². The van der Waals surface area contributed by atoms with Gasteiger partial charge in [0.05, 0.1) is 13.2 Å². The van der Waals surface area contributed by atoms with Gasteiger partial charge in [0.15, 0.2) is 17.2 Å². The van der Waals surface area contributed by atoms with Crippen molar-refractivity contribution in [2.75, 3.05) is 13.2 Å². The van der Waals surface area contributed by atoms with Crippen molar-refractivity contribution in [3.8, 4) is 0 Å². The third kappa shape index (κ3) is 9.62. The van der Waals surface area contributed by atoms with Crippen LogP contribution in [-0.4, -0.2) is 124 Å². The fourth-order valence-corrected chi connectivity index (χ4v) is 2.27. The first-order chi connectivity index (χ1) is 14.3. The van der Waals surface area contributed by atoms with Gasteiger partial charge in [0, 0.05) is 12.8 Å². The molecule has 0 aliphatic heterocycles. The van der Waals surface area contributed by atoms with Crippen molar-refractivity contribution in [1.82, 2.24) is 0 Å². The van der Waals surface area contributed by atoms with Crippen molar-refractivity contribution in [3.63, 3.8) is 0 Å². The summed E-state index contributed by atoms with van der Waals surface area (Å²) in [7, 11) is 0. The molecule has 0 aliphatic rings. The standard InChI is InChI=1S/C10H18O6.C9H16O6/c1-3-4-10(16,6(2)12)9(15)8(14)7(13)5-11;1-2-3-5(11)7(13)9(15)8(14)6(12)4-10/h3,7-9,11,13-16H,1,4-5H2,2H3;2,6-10,12-15H,1,3-4H2. The highest BCUT2D eigenvalue weighted by Gasteiger charge is 2.45. The first-order valence-corrected chi connectivity index (χ1v) is 9.22. The molecule has 0 aromatic rings. The SMILES string of the molecule is C=CCC(=O)C(O)C(O)C(O)C(O)CO.C=CCC(O)(C(C)=O)C(O)C(O)C(O)CO. The second-order valence-corrected chi connectivity index (χ2v) is 6.79. The smallest absolute Gasteiger partial charge is 0.167 e. The Morgan fingerprint density at radius 3 is 1.65 bits per heavy atom. The van der Waals surface area contributed by atoms with Crippen LogP contribution in [0.15, 0.2) is 25.3 Å².